The molecule has 3 unspecified atom stereocenters. The molecule has 0 bridgehead atoms. The molecule has 1 aliphatic carbocycles. The standard InChI is InChI=1S/C14H18FNO/c1-2-9-3-5-13-11(7-9)16-12-8-10(15)4-6-14(12)17-13/h4,6,8-9,11,13,16H,2-3,5,7H2,1H3. The molecule has 1 aromatic rings. The van der Waals surface area contributed by atoms with Gasteiger partial charge in [0.25, 0.3) is 0 Å². The first-order valence-electron chi connectivity index (χ1n) is 6.49. The van der Waals surface area contributed by atoms with E-state index in [1.807, 2.05) is 0 Å². The zero-order valence-corrected chi connectivity index (χ0v) is 10.1. The van der Waals surface area contributed by atoms with Crippen LogP contribution in [0.25, 0.3) is 0 Å². The number of fused-ring (bicyclic) bond motifs is 2. The summed E-state index contributed by atoms with van der Waals surface area (Å²) in [6.07, 6.45) is 4.97. The van der Waals surface area contributed by atoms with Gasteiger partial charge in [0.1, 0.15) is 17.7 Å². The maximum Gasteiger partial charge on any atom is 0.143 e. The van der Waals surface area contributed by atoms with E-state index in [4.69, 9.17) is 4.74 Å². The summed E-state index contributed by atoms with van der Waals surface area (Å²) < 4.78 is 19.1. The second-order valence-electron chi connectivity index (χ2n) is 5.13. The Morgan fingerprint density at radius 1 is 1.41 bits per heavy atom. The molecule has 1 fully saturated rings. The van der Waals surface area contributed by atoms with Crippen molar-refractivity contribution in [3.05, 3.63) is 24.0 Å². The number of rotatable bonds is 1. The number of ether oxygens (including phenoxy) is 1. The van der Waals surface area contributed by atoms with Gasteiger partial charge < -0.3 is 10.1 Å². The molecular formula is C14H18FNO. The van der Waals surface area contributed by atoms with Crippen molar-refractivity contribution in [2.45, 2.75) is 44.8 Å². The van der Waals surface area contributed by atoms with Gasteiger partial charge >= 0.3 is 0 Å². The summed E-state index contributed by atoms with van der Waals surface area (Å²) in [5.41, 5.74) is 0.808. The van der Waals surface area contributed by atoms with Crippen LogP contribution in [0.2, 0.25) is 0 Å². The molecule has 3 heteroatoms. The summed E-state index contributed by atoms with van der Waals surface area (Å²) in [6.45, 7) is 2.24. The number of nitrogens with one attached hydrogen (secondary N) is 1. The highest BCUT2D eigenvalue weighted by Crippen LogP contribution is 2.38. The van der Waals surface area contributed by atoms with Gasteiger partial charge in [-0.2, -0.15) is 0 Å². The van der Waals surface area contributed by atoms with Crippen molar-refractivity contribution in [3.63, 3.8) is 0 Å². The van der Waals surface area contributed by atoms with Gasteiger partial charge in [0.05, 0.1) is 11.7 Å². The highest BCUT2D eigenvalue weighted by Gasteiger charge is 2.35. The van der Waals surface area contributed by atoms with Crippen molar-refractivity contribution in [1.29, 1.82) is 0 Å². The fourth-order valence-corrected chi connectivity index (χ4v) is 2.97. The van der Waals surface area contributed by atoms with Crippen molar-refractivity contribution >= 4 is 5.69 Å². The molecule has 92 valence electrons. The van der Waals surface area contributed by atoms with Crippen molar-refractivity contribution in [2.24, 2.45) is 5.92 Å². The zero-order chi connectivity index (χ0) is 11.8. The highest BCUT2D eigenvalue weighted by atomic mass is 19.1. The van der Waals surface area contributed by atoms with Crippen LogP contribution in [0.5, 0.6) is 5.75 Å². The van der Waals surface area contributed by atoms with Crippen molar-refractivity contribution < 1.29 is 9.13 Å². The lowest BCUT2D eigenvalue weighted by Gasteiger charge is -2.40. The van der Waals surface area contributed by atoms with E-state index >= 15 is 0 Å². The maximum atomic E-state index is 13.2. The first kappa shape index (κ1) is 10.9. The van der Waals surface area contributed by atoms with Crippen LogP contribution in [-0.2, 0) is 0 Å². The molecule has 0 aromatic heterocycles. The number of hydrogen-bond acceptors (Lipinski definition) is 2. The molecule has 2 aliphatic rings. The molecule has 1 N–H and O–H groups in total. The average Bonchev–Trinajstić information content (AvgIpc) is 2.35. The van der Waals surface area contributed by atoms with Crippen LogP contribution in [0, 0.1) is 11.7 Å². The van der Waals surface area contributed by atoms with E-state index in [0.717, 1.165) is 30.2 Å². The predicted octanol–water partition coefficient (Wildman–Crippen LogP) is 3.58. The van der Waals surface area contributed by atoms with Gasteiger partial charge in [-0.05, 0) is 37.3 Å². The highest BCUT2D eigenvalue weighted by molar-refractivity contribution is 5.59. The molecule has 2 nitrogen and oxygen atoms in total. The van der Waals surface area contributed by atoms with E-state index < -0.39 is 0 Å². The Kier molecular flexibility index (Phi) is 2.69. The molecule has 0 saturated heterocycles. The normalized spacial score (nSPS) is 30.8. The van der Waals surface area contributed by atoms with Crippen LogP contribution in [0.4, 0.5) is 10.1 Å². The monoisotopic (exact) mass is 235 g/mol. The second kappa shape index (κ2) is 4.21. The Labute approximate surface area is 101 Å². The number of halogens is 1. The first-order chi connectivity index (χ1) is 8.26. The molecule has 0 amide bonds. The van der Waals surface area contributed by atoms with Crippen molar-refractivity contribution in [3.8, 4) is 5.75 Å². The quantitative estimate of drug-likeness (QED) is 0.803. The minimum absolute atomic E-state index is 0.207. The van der Waals surface area contributed by atoms with E-state index in [-0.39, 0.29) is 11.9 Å². The fraction of sp³-hybridized carbons (Fsp3) is 0.571. The maximum absolute atomic E-state index is 13.2. The summed E-state index contributed by atoms with van der Waals surface area (Å²) in [5.74, 6) is 1.37. The van der Waals surface area contributed by atoms with E-state index in [1.165, 1.54) is 25.0 Å². The zero-order valence-electron chi connectivity index (χ0n) is 10.1. The van der Waals surface area contributed by atoms with Crippen LogP contribution >= 0.6 is 0 Å². The van der Waals surface area contributed by atoms with Gasteiger partial charge in [0, 0.05) is 6.07 Å². The Hall–Kier alpha value is -1.25. The molecular weight excluding hydrogens is 217 g/mol. The average molecular weight is 235 g/mol. The van der Waals surface area contributed by atoms with Crippen molar-refractivity contribution in [2.75, 3.05) is 5.32 Å². The SMILES string of the molecule is CCC1CCC2Oc3ccc(F)cc3NC2C1. The minimum atomic E-state index is -0.207. The summed E-state index contributed by atoms with van der Waals surface area (Å²) in [5, 5.41) is 3.44. The van der Waals surface area contributed by atoms with Crippen molar-refractivity contribution in [1.82, 2.24) is 0 Å². The van der Waals surface area contributed by atoms with Gasteiger partial charge in [-0.15, -0.1) is 0 Å². The molecule has 17 heavy (non-hydrogen) atoms. The molecule has 0 radical (unpaired) electrons. The van der Waals surface area contributed by atoms with Gasteiger partial charge in [0.15, 0.2) is 0 Å². The largest absolute Gasteiger partial charge is 0.486 e. The fourth-order valence-electron chi connectivity index (χ4n) is 2.97. The van der Waals surface area contributed by atoms with Crippen LogP contribution in [-0.4, -0.2) is 12.1 Å². The second-order valence-corrected chi connectivity index (χ2v) is 5.13. The molecule has 1 aromatic carbocycles. The van der Waals surface area contributed by atoms with Gasteiger partial charge in [-0.25, -0.2) is 4.39 Å². The summed E-state index contributed by atoms with van der Waals surface area (Å²) in [4.78, 5) is 0. The van der Waals surface area contributed by atoms with Crippen LogP contribution in [0.15, 0.2) is 18.2 Å². The summed E-state index contributed by atoms with van der Waals surface area (Å²) in [7, 11) is 0. The minimum Gasteiger partial charge on any atom is -0.486 e. The van der Waals surface area contributed by atoms with E-state index in [9.17, 15) is 4.39 Å². The van der Waals surface area contributed by atoms with E-state index in [1.54, 1.807) is 6.07 Å². The number of benzene rings is 1. The third kappa shape index (κ3) is 1.99. The van der Waals surface area contributed by atoms with Gasteiger partial charge in [0.2, 0.25) is 0 Å². The predicted molar refractivity (Wildman–Crippen MR) is 65.9 cm³/mol. The molecule has 3 rings (SSSR count). The van der Waals surface area contributed by atoms with Crippen LogP contribution in [0.3, 0.4) is 0 Å². The number of anilines is 1. The Bertz CT molecular complexity index is 421. The third-order valence-electron chi connectivity index (χ3n) is 4.03. The third-order valence-corrected chi connectivity index (χ3v) is 4.03. The molecule has 1 heterocycles. The molecule has 1 saturated carbocycles. The lowest BCUT2D eigenvalue weighted by atomic mass is 9.81. The topological polar surface area (TPSA) is 21.3 Å². The van der Waals surface area contributed by atoms with Crippen LogP contribution < -0.4 is 10.1 Å². The Morgan fingerprint density at radius 3 is 3.12 bits per heavy atom. The van der Waals surface area contributed by atoms with E-state index in [0.29, 0.717) is 6.04 Å². The molecule has 0 spiro atoms. The Morgan fingerprint density at radius 2 is 2.29 bits per heavy atom. The van der Waals surface area contributed by atoms with E-state index in [2.05, 4.69) is 12.2 Å². The lowest BCUT2D eigenvalue weighted by Crippen LogP contribution is -2.45. The molecule has 1 aliphatic heterocycles. The van der Waals surface area contributed by atoms with Gasteiger partial charge in [-0.1, -0.05) is 13.3 Å². The lowest BCUT2D eigenvalue weighted by molar-refractivity contribution is 0.107. The number of hydrogen-bond donors (Lipinski definition) is 1. The van der Waals surface area contributed by atoms with Gasteiger partial charge in [-0.3, -0.25) is 0 Å². The first-order valence-corrected chi connectivity index (χ1v) is 6.49. The summed E-state index contributed by atoms with van der Waals surface area (Å²) >= 11 is 0. The Balaban J connectivity index is 1.83. The van der Waals surface area contributed by atoms with Crippen LogP contribution in [0.1, 0.15) is 32.6 Å². The summed E-state index contributed by atoms with van der Waals surface area (Å²) in [6, 6.07) is 5.06. The molecule has 3 atom stereocenters. The smallest absolute Gasteiger partial charge is 0.143 e.